The summed E-state index contributed by atoms with van der Waals surface area (Å²) in [5.41, 5.74) is 3.76. The molecule has 1 amide bonds. The van der Waals surface area contributed by atoms with Gasteiger partial charge in [0.2, 0.25) is 5.88 Å². The smallest absolute Gasteiger partial charge is 0.267 e. The monoisotopic (exact) mass is 443 g/mol. The number of thiazole rings is 1. The largest absolute Gasteiger partial charge is 0.479 e. The highest BCUT2D eigenvalue weighted by Crippen LogP contribution is 2.33. The van der Waals surface area contributed by atoms with E-state index in [2.05, 4.69) is 36.0 Å². The van der Waals surface area contributed by atoms with E-state index >= 15 is 0 Å². The van der Waals surface area contributed by atoms with Gasteiger partial charge in [-0.25, -0.2) is 4.98 Å². The molecule has 1 fully saturated rings. The van der Waals surface area contributed by atoms with Crippen molar-refractivity contribution in [2.75, 3.05) is 51.4 Å². The molecule has 0 spiro atoms. The quantitative estimate of drug-likeness (QED) is 0.559. The minimum Gasteiger partial charge on any atom is -0.479 e. The zero-order valence-electron chi connectivity index (χ0n) is 18.6. The molecule has 166 valence electrons. The Morgan fingerprint density at radius 1 is 1.29 bits per heavy atom. The molecule has 1 saturated heterocycles. The van der Waals surface area contributed by atoms with Gasteiger partial charge in [-0.15, -0.1) is 5.10 Å². The molecule has 0 aliphatic carbocycles. The predicted octanol–water partition coefficient (Wildman–Crippen LogP) is 3.02. The van der Waals surface area contributed by atoms with Gasteiger partial charge in [-0.1, -0.05) is 17.4 Å². The Morgan fingerprint density at radius 2 is 2.06 bits per heavy atom. The van der Waals surface area contributed by atoms with E-state index in [1.165, 1.54) is 12.7 Å². The van der Waals surface area contributed by atoms with Gasteiger partial charge in [0.15, 0.2) is 5.13 Å². The lowest BCUT2D eigenvalue weighted by atomic mass is 10.1. The number of ether oxygens (including phenoxy) is 2. The number of amides is 1. The van der Waals surface area contributed by atoms with E-state index in [0.29, 0.717) is 23.1 Å². The van der Waals surface area contributed by atoms with E-state index in [0.717, 1.165) is 55.0 Å². The molecule has 8 nitrogen and oxygen atoms in total. The number of hydrogen-bond acceptors (Lipinski definition) is 7. The van der Waals surface area contributed by atoms with Crippen molar-refractivity contribution in [1.29, 1.82) is 0 Å². The van der Waals surface area contributed by atoms with Gasteiger partial charge in [-0.2, -0.15) is 0 Å². The standard InChI is InChI=1S/C22H29N5O3S/c1-15-6-7-18-19(16(15)2)23-22(31-18)27(9-5-8-26-10-12-30-13-11-26)21(28)17-14-25(3)24-20(17)29-4/h6-7,14H,5,8-13H2,1-4H3. The fourth-order valence-electron chi connectivity index (χ4n) is 3.80. The summed E-state index contributed by atoms with van der Waals surface area (Å²) in [5.74, 6) is 0.194. The van der Waals surface area contributed by atoms with Crippen LogP contribution in [0.5, 0.6) is 5.88 Å². The molecular formula is C22H29N5O3S. The highest BCUT2D eigenvalue weighted by molar-refractivity contribution is 7.22. The Morgan fingerprint density at radius 3 is 2.81 bits per heavy atom. The van der Waals surface area contributed by atoms with Gasteiger partial charge in [0.1, 0.15) is 5.56 Å². The molecule has 0 atom stereocenters. The number of rotatable bonds is 7. The number of nitrogens with zero attached hydrogens (tertiary/aromatic N) is 5. The van der Waals surface area contributed by atoms with Crippen molar-refractivity contribution in [2.45, 2.75) is 20.3 Å². The number of fused-ring (bicyclic) bond motifs is 1. The van der Waals surface area contributed by atoms with E-state index in [4.69, 9.17) is 14.5 Å². The number of carbonyl (C=O) groups is 1. The molecule has 3 aromatic rings. The molecule has 9 heteroatoms. The van der Waals surface area contributed by atoms with Crippen molar-refractivity contribution in [3.8, 4) is 5.88 Å². The minimum atomic E-state index is -0.139. The Kier molecular flexibility index (Phi) is 6.54. The number of carbonyl (C=O) groups excluding carboxylic acids is 1. The van der Waals surface area contributed by atoms with Crippen LogP contribution < -0.4 is 9.64 Å². The maximum absolute atomic E-state index is 13.6. The number of morpholine rings is 1. The summed E-state index contributed by atoms with van der Waals surface area (Å²) in [6.45, 7) is 9.06. The van der Waals surface area contributed by atoms with Crippen LogP contribution in [-0.2, 0) is 11.8 Å². The molecule has 1 aliphatic rings. The third-order valence-electron chi connectivity index (χ3n) is 5.73. The summed E-state index contributed by atoms with van der Waals surface area (Å²) in [6.07, 6.45) is 2.56. The highest BCUT2D eigenvalue weighted by atomic mass is 32.1. The second-order valence-electron chi connectivity index (χ2n) is 7.84. The summed E-state index contributed by atoms with van der Waals surface area (Å²) in [6, 6.07) is 4.19. The van der Waals surface area contributed by atoms with Crippen LogP contribution in [0.15, 0.2) is 18.3 Å². The molecule has 3 heterocycles. The van der Waals surface area contributed by atoms with Crippen molar-refractivity contribution >= 4 is 32.6 Å². The van der Waals surface area contributed by atoms with E-state index in [1.54, 1.807) is 34.2 Å². The fraction of sp³-hybridized carbons (Fsp3) is 0.500. The second kappa shape index (κ2) is 9.33. The first kappa shape index (κ1) is 21.7. The van der Waals surface area contributed by atoms with Gasteiger partial charge in [-0.05, 0) is 37.5 Å². The van der Waals surface area contributed by atoms with Crippen molar-refractivity contribution in [2.24, 2.45) is 7.05 Å². The maximum Gasteiger partial charge on any atom is 0.267 e. The molecule has 2 aromatic heterocycles. The molecule has 0 bridgehead atoms. The number of aryl methyl sites for hydroxylation is 3. The molecule has 31 heavy (non-hydrogen) atoms. The van der Waals surface area contributed by atoms with Crippen LogP contribution in [0.1, 0.15) is 27.9 Å². The lowest BCUT2D eigenvalue weighted by Gasteiger charge is -2.27. The van der Waals surface area contributed by atoms with Gasteiger partial charge in [0.05, 0.1) is 30.5 Å². The molecule has 0 N–H and O–H groups in total. The van der Waals surface area contributed by atoms with Crippen LogP contribution in [0.2, 0.25) is 0 Å². The third kappa shape index (κ3) is 4.58. The molecule has 1 aromatic carbocycles. The van der Waals surface area contributed by atoms with Gasteiger partial charge in [-0.3, -0.25) is 19.3 Å². The first-order valence-electron chi connectivity index (χ1n) is 10.5. The summed E-state index contributed by atoms with van der Waals surface area (Å²) in [7, 11) is 3.32. The van der Waals surface area contributed by atoms with Crippen LogP contribution in [0, 0.1) is 13.8 Å². The first-order valence-corrected chi connectivity index (χ1v) is 11.4. The van der Waals surface area contributed by atoms with Crippen molar-refractivity contribution in [1.82, 2.24) is 19.7 Å². The Labute approximate surface area is 186 Å². The second-order valence-corrected chi connectivity index (χ2v) is 8.85. The summed E-state index contributed by atoms with van der Waals surface area (Å²) < 4.78 is 13.5. The molecular weight excluding hydrogens is 414 g/mol. The average molecular weight is 444 g/mol. The van der Waals surface area contributed by atoms with Crippen LogP contribution in [0.4, 0.5) is 5.13 Å². The lowest BCUT2D eigenvalue weighted by Crippen LogP contribution is -2.39. The fourth-order valence-corrected chi connectivity index (χ4v) is 4.85. The minimum absolute atomic E-state index is 0.139. The van der Waals surface area contributed by atoms with Crippen LogP contribution >= 0.6 is 11.3 Å². The van der Waals surface area contributed by atoms with E-state index in [1.807, 2.05) is 0 Å². The van der Waals surface area contributed by atoms with Gasteiger partial charge in [0, 0.05) is 39.4 Å². The lowest BCUT2D eigenvalue weighted by molar-refractivity contribution is 0.0376. The van der Waals surface area contributed by atoms with Crippen LogP contribution in [0.25, 0.3) is 10.2 Å². The molecule has 1 aliphatic heterocycles. The van der Waals surface area contributed by atoms with Crippen molar-refractivity contribution < 1.29 is 14.3 Å². The molecule has 4 rings (SSSR count). The number of aromatic nitrogens is 3. The van der Waals surface area contributed by atoms with Crippen molar-refractivity contribution in [3.05, 3.63) is 35.0 Å². The van der Waals surface area contributed by atoms with Gasteiger partial charge >= 0.3 is 0 Å². The number of methoxy groups -OCH3 is 1. The maximum atomic E-state index is 13.6. The predicted molar refractivity (Wildman–Crippen MR) is 122 cm³/mol. The molecule has 0 saturated carbocycles. The van der Waals surface area contributed by atoms with E-state index in [9.17, 15) is 4.79 Å². The summed E-state index contributed by atoms with van der Waals surface area (Å²) in [5, 5.41) is 4.97. The number of anilines is 1. The Balaban J connectivity index is 1.63. The summed E-state index contributed by atoms with van der Waals surface area (Å²) in [4.78, 5) is 22.6. The van der Waals surface area contributed by atoms with Gasteiger partial charge < -0.3 is 9.47 Å². The van der Waals surface area contributed by atoms with Crippen LogP contribution in [-0.4, -0.2) is 72.1 Å². The van der Waals surface area contributed by atoms with E-state index < -0.39 is 0 Å². The third-order valence-corrected chi connectivity index (χ3v) is 6.77. The summed E-state index contributed by atoms with van der Waals surface area (Å²) >= 11 is 1.55. The number of hydrogen-bond donors (Lipinski definition) is 0. The van der Waals surface area contributed by atoms with Crippen LogP contribution in [0.3, 0.4) is 0 Å². The molecule has 0 unspecified atom stereocenters. The highest BCUT2D eigenvalue weighted by Gasteiger charge is 2.26. The normalized spacial score (nSPS) is 14.8. The average Bonchev–Trinajstić information content (AvgIpc) is 3.38. The Hall–Kier alpha value is -2.49. The zero-order chi connectivity index (χ0) is 22.0. The zero-order valence-corrected chi connectivity index (χ0v) is 19.4. The first-order chi connectivity index (χ1) is 15.0. The van der Waals surface area contributed by atoms with E-state index in [-0.39, 0.29) is 5.91 Å². The van der Waals surface area contributed by atoms with Crippen molar-refractivity contribution in [3.63, 3.8) is 0 Å². The SMILES string of the molecule is COc1nn(C)cc1C(=O)N(CCCN1CCOCC1)c1nc2c(C)c(C)ccc2s1. The Bertz CT molecular complexity index is 1070. The molecule has 0 radical (unpaired) electrons. The number of benzene rings is 1. The topological polar surface area (TPSA) is 72.7 Å². The van der Waals surface area contributed by atoms with Gasteiger partial charge in [0.25, 0.3) is 5.91 Å².